The van der Waals surface area contributed by atoms with Gasteiger partial charge in [0, 0.05) is 21.7 Å². The van der Waals surface area contributed by atoms with Gasteiger partial charge in [0.1, 0.15) is 17.4 Å². The van der Waals surface area contributed by atoms with Crippen LogP contribution in [0.3, 0.4) is 0 Å². The third-order valence-electron chi connectivity index (χ3n) is 6.25. The van der Waals surface area contributed by atoms with E-state index in [4.69, 9.17) is 26.8 Å². The molecule has 38 heavy (non-hydrogen) atoms. The van der Waals surface area contributed by atoms with Crippen molar-refractivity contribution < 1.29 is 14.3 Å². The van der Waals surface area contributed by atoms with E-state index >= 15 is 0 Å². The predicted molar refractivity (Wildman–Crippen MR) is 154 cm³/mol. The molecule has 0 fully saturated rings. The summed E-state index contributed by atoms with van der Waals surface area (Å²) in [6, 6.07) is 31.8. The van der Waals surface area contributed by atoms with E-state index in [1.807, 2.05) is 125 Å². The molecular formula is C33H34ClNO3. The minimum atomic E-state index is -1.29. The van der Waals surface area contributed by atoms with Crippen molar-refractivity contribution in [2.24, 2.45) is 5.73 Å². The summed E-state index contributed by atoms with van der Waals surface area (Å²) in [7, 11) is 0. The van der Waals surface area contributed by atoms with Crippen LogP contribution >= 0.6 is 11.6 Å². The van der Waals surface area contributed by atoms with E-state index in [2.05, 4.69) is 0 Å². The van der Waals surface area contributed by atoms with Crippen LogP contribution in [0, 0.1) is 6.92 Å². The number of benzene rings is 4. The first-order valence-electron chi connectivity index (χ1n) is 12.7. The standard InChI is InChI=1S/C33H34ClNO3/c1-23-14-18-26(19-15-23)33(25-10-6-5-7-11-25,28-12-8-9-13-29(28)34)38-31(36)30(35)22-24-16-20-27(21-17-24)37-32(2,3)4/h5-21,30H,22,35H2,1-4H3/t30-,33?/m1/s1. The minimum absolute atomic E-state index is 0.294. The number of carbonyl (C=O) groups is 1. The lowest BCUT2D eigenvalue weighted by molar-refractivity contribution is -0.155. The van der Waals surface area contributed by atoms with Gasteiger partial charge in [-0.3, -0.25) is 4.79 Å². The van der Waals surface area contributed by atoms with Crippen molar-refractivity contribution in [3.05, 3.63) is 136 Å². The summed E-state index contributed by atoms with van der Waals surface area (Å²) in [5.74, 6) is 0.239. The summed E-state index contributed by atoms with van der Waals surface area (Å²) < 4.78 is 12.4. The van der Waals surface area contributed by atoms with Crippen LogP contribution < -0.4 is 10.5 Å². The third-order valence-corrected chi connectivity index (χ3v) is 6.58. The molecule has 196 valence electrons. The van der Waals surface area contributed by atoms with Gasteiger partial charge in [-0.2, -0.15) is 0 Å². The molecule has 4 rings (SSSR count). The first-order valence-corrected chi connectivity index (χ1v) is 13.1. The topological polar surface area (TPSA) is 61.5 Å². The van der Waals surface area contributed by atoms with Gasteiger partial charge in [0.25, 0.3) is 0 Å². The number of halogens is 1. The van der Waals surface area contributed by atoms with Crippen LogP contribution in [-0.2, 0) is 21.6 Å². The number of esters is 1. The van der Waals surface area contributed by atoms with Gasteiger partial charge in [-0.05, 0) is 57.9 Å². The van der Waals surface area contributed by atoms with Crippen LogP contribution in [0.5, 0.6) is 5.75 Å². The summed E-state index contributed by atoms with van der Waals surface area (Å²) in [6.45, 7) is 8.01. The molecule has 0 saturated carbocycles. The second kappa shape index (κ2) is 11.4. The highest BCUT2D eigenvalue weighted by Crippen LogP contribution is 2.43. The fourth-order valence-corrected chi connectivity index (χ4v) is 4.74. The van der Waals surface area contributed by atoms with Crippen molar-refractivity contribution in [3.63, 3.8) is 0 Å². The third kappa shape index (κ3) is 6.27. The minimum Gasteiger partial charge on any atom is -0.488 e. The lowest BCUT2D eigenvalue weighted by atomic mass is 9.79. The Kier molecular flexibility index (Phi) is 8.25. The summed E-state index contributed by atoms with van der Waals surface area (Å²) in [6.07, 6.45) is 0.315. The molecule has 4 aromatic rings. The maximum Gasteiger partial charge on any atom is 0.324 e. The highest BCUT2D eigenvalue weighted by molar-refractivity contribution is 6.31. The molecule has 0 heterocycles. The van der Waals surface area contributed by atoms with Gasteiger partial charge < -0.3 is 15.2 Å². The Morgan fingerprint density at radius 1 is 0.816 bits per heavy atom. The molecule has 4 aromatic carbocycles. The van der Waals surface area contributed by atoms with Crippen molar-refractivity contribution in [1.29, 1.82) is 0 Å². The van der Waals surface area contributed by atoms with Crippen LogP contribution in [0.1, 0.15) is 48.6 Å². The van der Waals surface area contributed by atoms with Gasteiger partial charge in [-0.1, -0.05) is 102 Å². The number of hydrogen-bond donors (Lipinski definition) is 1. The Balaban J connectivity index is 1.71. The zero-order valence-electron chi connectivity index (χ0n) is 22.3. The lowest BCUT2D eigenvalue weighted by Crippen LogP contribution is -2.43. The summed E-state index contributed by atoms with van der Waals surface area (Å²) in [4.78, 5) is 13.7. The predicted octanol–water partition coefficient (Wildman–Crippen LogP) is 7.23. The molecule has 4 nitrogen and oxygen atoms in total. The average molecular weight is 528 g/mol. The van der Waals surface area contributed by atoms with Crippen LogP contribution in [0.25, 0.3) is 0 Å². The monoisotopic (exact) mass is 527 g/mol. The van der Waals surface area contributed by atoms with Crippen LogP contribution in [0.15, 0.2) is 103 Å². The number of ether oxygens (including phenoxy) is 2. The van der Waals surface area contributed by atoms with Crippen LogP contribution in [-0.4, -0.2) is 17.6 Å². The smallest absolute Gasteiger partial charge is 0.324 e. The Hall–Kier alpha value is -3.60. The zero-order valence-corrected chi connectivity index (χ0v) is 23.0. The maximum atomic E-state index is 13.7. The molecule has 0 amide bonds. The first-order chi connectivity index (χ1) is 18.1. The second-order valence-electron chi connectivity index (χ2n) is 10.5. The van der Waals surface area contributed by atoms with E-state index in [-0.39, 0.29) is 5.60 Å². The molecule has 5 heteroatoms. The molecule has 0 radical (unpaired) electrons. The van der Waals surface area contributed by atoms with E-state index < -0.39 is 17.6 Å². The number of rotatable bonds is 8. The molecule has 0 aromatic heterocycles. The van der Waals surface area contributed by atoms with E-state index in [1.165, 1.54) is 0 Å². The average Bonchev–Trinajstić information content (AvgIpc) is 2.89. The summed E-state index contributed by atoms with van der Waals surface area (Å²) in [5.41, 5.74) is 9.11. The van der Waals surface area contributed by atoms with Gasteiger partial charge in [0.2, 0.25) is 0 Å². The second-order valence-corrected chi connectivity index (χ2v) is 10.9. The van der Waals surface area contributed by atoms with Gasteiger partial charge in [0.15, 0.2) is 5.60 Å². The van der Waals surface area contributed by atoms with Crippen molar-refractivity contribution in [2.45, 2.75) is 51.4 Å². The number of hydrogen-bond acceptors (Lipinski definition) is 4. The molecule has 0 aliphatic heterocycles. The number of aryl methyl sites for hydroxylation is 1. The Bertz CT molecular complexity index is 1360. The molecule has 0 spiro atoms. The van der Waals surface area contributed by atoms with Gasteiger partial charge in [0.05, 0.1) is 0 Å². The van der Waals surface area contributed by atoms with E-state index in [0.29, 0.717) is 17.0 Å². The van der Waals surface area contributed by atoms with E-state index in [1.54, 1.807) is 6.07 Å². The van der Waals surface area contributed by atoms with Crippen molar-refractivity contribution in [1.82, 2.24) is 0 Å². The normalized spacial score (nSPS) is 13.8. The Morgan fingerprint density at radius 3 is 2.00 bits per heavy atom. The number of nitrogens with two attached hydrogens (primary N) is 1. The zero-order chi connectivity index (χ0) is 27.3. The first kappa shape index (κ1) is 27.4. The lowest BCUT2D eigenvalue weighted by Gasteiger charge is -2.36. The molecule has 0 aliphatic rings. The fourth-order valence-electron chi connectivity index (χ4n) is 4.47. The summed E-state index contributed by atoms with van der Waals surface area (Å²) in [5, 5.41) is 0.493. The largest absolute Gasteiger partial charge is 0.488 e. The van der Waals surface area contributed by atoms with Crippen molar-refractivity contribution >= 4 is 17.6 Å². The Labute approximate surface area is 230 Å². The summed E-state index contributed by atoms with van der Waals surface area (Å²) >= 11 is 6.76. The molecule has 1 unspecified atom stereocenters. The van der Waals surface area contributed by atoms with Crippen molar-refractivity contribution in [3.8, 4) is 5.75 Å². The molecule has 0 aliphatic carbocycles. The molecule has 0 saturated heterocycles. The van der Waals surface area contributed by atoms with Crippen LogP contribution in [0.2, 0.25) is 5.02 Å². The highest BCUT2D eigenvalue weighted by atomic mass is 35.5. The van der Waals surface area contributed by atoms with Crippen molar-refractivity contribution in [2.75, 3.05) is 0 Å². The van der Waals surface area contributed by atoms with Gasteiger partial charge >= 0.3 is 5.97 Å². The molecule has 2 N–H and O–H groups in total. The van der Waals surface area contributed by atoms with Gasteiger partial charge in [-0.25, -0.2) is 0 Å². The SMILES string of the molecule is Cc1ccc(C(OC(=O)[C@H](N)Cc2ccc(OC(C)(C)C)cc2)(c2ccccc2)c2ccccc2Cl)cc1. The molecule has 0 bridgehead atoms. The Morgan fingerprint density at radius 2 is 1.39 bits per heavy atom. The van der Waals surface area contributed by atoms with E-state index in [9.17, 15) is 4.79 Å². The fraction of sp³-hybridized carbons (Fsp3) is 0.242. The number of carbonyl (C=O) groups excluding carboxylic acids is 1. The van der Waals surface area contributed by atoms with Gasteiger partial charge in [-0.15, -0.1) is 0 Å². The molecular weight excluding hydrogens is 494 g/mol. The van der Waals surface area contributed by atoms with E-state index in [0.717, 1.165) is 28.0 Å². The van der Waals surface area contributed by atoms with Crippen LogP contribution in [0.4, 0.5) is 0 Å². The molecule has 2 atom stereocenters. The maximum absolute atomic E-state index is 13.7. The highest BCUT2D eigenvalue weighted by Gasteiger charge is 2.43. The quantitative estimate of drug-likeness (QED) is 0.194.